The van der Waals surface area contributed by atoms with Crippen LogP contribution in [0.15, 0.2) is 36.2 Å². The van der Waals surface area contributed by atoms with Crippen molar-refractivity contribution in [2.24, 2.45) is 11.3 Å². The van der Waals surface area contributed by atoms with E-state index in [9.17, 15) is 9.18 Å². The third-order valence-corrected chi connectivity index (χ3v) is 7.85. The molecule has 30 heavy (non-hydrogen) atoms. The minimum atomic E-state index is -0.127. The van der Waals surface area contributed by atoms with Crippen molar-refractivity contribution in [2.45, 2.75) is 57.3 Å². The van der Waals surface area contributed by atoms with E-state index in [1.54, 1.807) is 7.11 Å². The van der Waals surface area contributed by atoms with Crippen LogP contribution in [0.2, 0.25) is 0 Å². The number of benzene rings is 1. The van der Waals surface area contributed by atoms with Crippen molar-refractivity contribution in [1.29, 1.82) is 0 Å². The molecule has 1 aliphatic heterocycles. The number of ether oxygens (including phenoxy) is 2. The van der Waals surface area contributed by atoms with E-state index in [-0.39, 0.29) is 10.8 Å². The first-order chi connectivity index (χ1) is 14.5. The number of halogens is 1. The van der Waals surface area contributed by atoms with Gasteiger partial charge in [0.05, 0.1) is 12.9 Å². The van der Waals surface area contributed by atoms with Gasteiger partial charge in [-0.15, -0.1) is 0 Å². The molecule has 1 heterocycles. The zero-order valence-electron chi connectivity index (χ0n) is 18.3. The van der Waals surface area contributed by atoms with Crippen LogP contribution in [0, 0.1) is 11.3 Å². The van der Waals surface area contributed by atoms with Crippen molar-refractivity contribution >= 4 is 5.91 Å². The molecule has 164 valence electrons. The topological polar surface area (TPSA) is 38.8 Å². The number of carbonyl (C=O) groups is 1. The summed E-state index contributed by atoms with van der Waals surface area (Å²) in [5, 5.41) is 0. The summed E-state index contributed by atoms with van der Waals surface area (Å²) in [4.78, 5) is 15.3. The van der Waals surface area contributed by atoms with E-state index in [0.717, 1.165) is 64.0 Å². The Bertz CT molecular complexity index is 758. The largest absolute Gasteiger partial charge is 0.489 e. The second kappa shape index (κ2) is 8.70. The minimum absolute atomic E-state index is 0.127. The molecule has 4 fully saturated rings. The van der Waals surface area contributed by atoms with Crippen LogP contribution in [-0.4, -0.2) is 44.2 Å². The average Bonchev–Trinajstić information content (AvgIpc) is 2.78. The van der Waals surface area contributed by atoms with E-state index in [4.69, 9.17) is 9.47 Å². The highest BCUT2D eigenvalue weighted by Gasteiger charge is 2.54. The third kappa shape index (κ3) is 3.89. The lowest BCUT2D eigenvalue weighted by Gasteiger charge is -2.55. The molecule has 1 aromatic rings. The van der Waals surface area contributed by atoms with Gasteiger partial charge in [0.1, 0.15) is 12.4 Å². The number of likely N-dealkylation sites (tertiary alicyclic amines) is 1. The fourth-order valence-corrected chi connectivity index (χ4v) is 5.64. The number of hydrogen-bond donors (Lipinski definition) is 0. The van der Waals surface area contributed by atoms with Crippen molar-refractivity contribution in [3.8, 4) is 5.75 Å². The Kier molecular flexibility index (Phi) is 6.19. The molecule has 0 unspecified atom stereocenters. The second-order valence-corrected chi connectivity index (χ2v) is 9.53. The van der Waals surface area contributed by atoms with Crippen LogP contribution in [0.25, 0.3) is 0 Å². The first-order valence-electron chi connectivity index (χ1n) is 11.3. The lowest BCUT2D eigenvalue weighted by Crippen LogP contribution is -2.59. The van der Waals surface area contributed by atoms with Gasteiger partial charge in [0, 0.05) is 31.5 Å². The van der Waals surface area contributed by atoms with Gasteiger partial charge >= 0.3 is 0 Å². The predicted molar refractivity (Wildman–Crippen MR) is 115 cm³/mol. The van der Waals surface area contributed by atoms with Gasteiger partial charge in [-0.05, 0) is 73.6 Å². The molecule has 0 aromatic heterocycles. The van der Waals surface area contributed by atoms with Crippen molar-refractivity contribution in [3.05, 3.63) is 41.7 Å². The summed E-state index contributed by atoms with van der Waals surface area (Å²) in [6.07, 6.45) is 7.53. The van der Waals surface area contributed by atoms with Crippen LogP contribution in [0.1, 0.15) is 57.4 Å². The molecule has 1 saturated heterocycles. The molecular weight excluding hydrogens is 381 g/mol. The predicted octanol–water partition coefficient (Wildman–Crippen LogP) is 5.03. The lowest BCUT2D eigenvalue weighted by atomic mass is 9.51. The zero-order valence-corrected chi connectivity index (χ0v) is 18.3. The Morgan fingerprint density at radius 2 is 1.77 bits per heavy atom. The van der Waals surface area contributed by atoms with Crippen molar-refractivity contribution in [3.63, 3.8) is 0 Å². The first kappa shape index (κ1) is 21.4. The molecule has 0 atom stereocenters. The Labute approximate surface area is 179 Å². The smallest absolute Gasteiger partial charge is 0.228 e. The van der Waals surface area contributed by atoms with E-state index in [0.29, 0.717) is 36.8 Å². The summed E-state index contributed by atoms with van der Waals surface area (Å²) in [7, 11) is 1.73. The number of amides is 1. The minimum Gasteiger partial charge on any atom is -0.489 e. The lowest BCUT2D eigenvalue weighted by molar-refractivity contribution is -0.157. The molecule has 3 aliphatic carbocycles. The molecule has 0 radical (unpaired) electrons. The van der Waals surface area contributed by atoms with Crippen LogP contribution >= 0.6 is 0 Å². The Hall–Kier alpha value is -1.88. The molecule has 3 saturated carbocycles. The quantitative estimate of drug-likeness (QED) is 0.598. The van der Waals surface area contributed by atoms with E-state index >= 15 is 0 Å². The molecule has 4 nitrogen and oxygen atoms in total. The van der Waals surface area contributed by atoms with Gasteiger partial charge in [-0.2, -0.15) is 0 Å². The zero-order chi connectivity index (χ0) is 21.2. The summed E-state index contributed by atoms with van der Waals surface area (Å²) in [5.74, 6) is 1.68. The third-order valence-electron chi connectivity index (χ3n) is 7.85. The standard InChI is InChI=1S/C25H34FNO3/c1-3-19(14-26)18-30-22-6-4-21(5-7-22)24-8-11-25(12-9-24,13-10-24)23(28)27-15-20(16-27)17-29-2/h4-7,14,20H,3,8-13,15-18H2,1-2H3/b19-14+. The molecule has 0 spiro atoms. The number of carbonyl (C=O) groups excluding carboxylic acids is 1. The van der Waals surface area contributed by atoms with Crippen molar-refractivity contribution in [2.75, 3.05) is 33.4 Å². The fraction of sp³-hybridized carbons (Fsp3) is 0.640. The molecule has 2 bridgehead atoms. The monoisotopic (exact) mass is 415 g/mol. The second-order valence-electron chi connectivity index (χ2n) is 9.53. The number of fused-ring (bicyclic) bond motifs is 3. The van der Waals surface area contributed by atoms with Crippen molar-refractivity contribution in [1.82, 2.24) is 4.90 Å². The van der Waals surface area contributed by atoms with Gasteiger partial charge < -0.3 is 14.4 Å². The number of methoxy groups -OCH3 is 1. The van der Waals surface area contributed by atoms with Crippen LogP contribution < -0.4 is 4.74 Å². The van der Waals surface area contributed by atoms with Gasteiger partial charge in [0.25, 0.3) is 0 Å². The molecule has 5 heteroatoms. The van der Waals surface area contributed by atoms with Crippen LogP contribution in [0.4, 0.5) is 4.39 Å². The van der Waals surface area contributed by atoms with Gasteiger partial charge in [-0.1, -0.05) is 19.1 Å². The average molecular weight is 416 g/mol. The molecule has 5 rings (SSSR count). The maximum absolute atomic E-state index is 13.2. The summed E-state index contributed by atoms with van der Waals surface area (Å²) in [6, 6.07) is 8.36. The molecule has 0 N–H and O–H groups in total. The Morgan fingerprint density at radius 1 is 1.13 bits per heavy atom. The first-order valence-corrected chi connectivity index (χ1v) is 11.3. The molecule has 4 aliphatic rings. The number of hydrogen-bond acceptors (Lipinski definition) is 3. The van der Waals surface area contributed by atoms with E-state index < -0.39 is 0 Å². The summed E-state index contributed by atoms with van der Waals surface area (Å²) in [6.45, 7) is 4.69. The number of rotatable bonds is 8. The SMILES string of the molecule is CC/C(=C\F)COc1ccc(C23CCC(C(=O)N4CC(COC)C4)(CC2)CC3)cc1. The summed E-state index contributed by atoms with van der Waals surface area (Å²) < 4.78 is 23.7. The highest BCUT2D eigenvalue weighted by Crippen LogP contribution is 2.58. The Morgan fingerprint density at radius 3 is 2.30 bits per heavy atom. The summed E-state index contributed by atoms with van der Waals surface area (Å²) >= 11 is 0. The van der Waals surface area contributed by atoms with Gasteiger partial charge in [-0.3, -0.25) is 4.79 Å². The van der Waals surface area contributed by atoms with E-state index in [1.165, 1.54) is 5.56 Å². The van der Waals surface area contributed by atoms with E-state index in [2.05, 4.69) is 17.0 Å². The maximum Gasteiger partial charge on any atom is 0.228 e. The molecular formula is C25H34FNO3. The maximum atomic E-state index is 13.2. The van der Waals surface area contributed by atoms with Gasteiger partial charge in [0.15, 0.2) is 0 Å². The fourth-order valence-electron chi connectivity index (χ4n) is 5.64. The van der Waals surface area contributed by atoms with Crippen LogP contribution in [0.5, 0.6) is 5.75 Å². The number of nitrogens with zero attached hydrogens (tertiary/aromatic N) is 1. The normalized spacial score (nSPS) is 29.0. The highest BCUT2D eigenvalue weighted by molar-refractivity contribution is 5.84. The highest BCUT2D eigenvalue weighted by atomic mass is 19.1. The van der Waals surface area contributed by atoms with Crippen LogP contribution in [0.3, 0.4) is 0 Å². The van der Waals surface area contributed by atoms with Crippen LogP contribution in [-0.2, 0) is 14.9 Å². The Balaban J connectivity index is 1.35. The molecule has 1 amide bonds. The van der Waals surface area contributed by atoms with Crippen molar-refractivity contribution < 1.29 is 18.7 Å². The van der Waals surface area contributed by atoms with Gasteiger partial charge in [0.2, 0.25) is 5.91 Å². The summed E-state index contributed by atoms with van der Waals surface area (Å²) in [5.41, 5.74) is 2.09. The molecule has 1 aromatic carbocycles. The van der Waals surface area contributed by atoms with Gasteiger partial charge in [-0.25, -0.2) is 4.39 Å². The van der Waals surface area contributed by atoms with E-state index in [1.807, 2.05) is 19.1 Å².